The Morgan fingerprint density at radius 1 is 1.47 bits per heavy atom. The minimum atomic E-state index is -5.08. The van der Waals surface area contributed by atoms with Crippen LogP contribution in [0, 0.1) is 6.92 Å². The predicted molar refractivity (Wildman–Crippen MR) is 56.8 cm³/mol. The van der Waals surface area contributed by atoms with Crippen LogP contribution in [0.5, 0.6) is 0 Å². The summed E-state index contributed by atoms with van der Waals surface area (Å²) in [7, 11) is 1.13. The standard InChI is InChI=1S/C7H6BBrF3O2S/c1-3-4(9)5(7(13)14-2)15-6(3)8(10,11)12/h1-2H3/q-1. The summed E-state index contributed by atoms with van der Waals surface area (Å²) in [5, 5.41) is 0. The Morgan fingerprint density at radius 2 is 2.00 bits per heavy atom. The summed E-state index contributed by atoms with van der Waals surface area (Å²) in [5.74, 6) is -0.763. The molecule has 0 saturated heterocycles. The first-order valence-corrected chi connectivity index (χ1v) is 5.47. The van der Waals surface area contributed by atoms with Crippen molar-refractivity contribution in [2.75, 3.05) is 7.11 Å². The molecule has 0 aliphatic heterocycles. The number of thiophene rings is 1. The lowest BCUT2D eigenvalue weighted by Gasteiger charge is -2.12. The summed E-state index contributed by atoms with van der Waals surface area (Å²) in [4.78, 5) is 11.1. The molecule has 0 aliphatic carbocycles. The monoisotopic (exact) mass is 301 g/mol. The van der Waals surface area contributed by atoms with Gasteiger partial charge in [-0.1, -0.05) is 5.56 Å². The van der Waals surface area contributed by atoms with Gasteiger partial charge in [0.2, 0.25) is 0 Å². The molecule has 84 valence electrons. The molecule has 15 heavy (non-hydrogen) atoms. The Bertz CT molecular complexity index is 402. The quantitative estimate of drug-likeness (QED) is 0.620. The maximum absolute atomic E-state index is 12.5. The first-order chi connectivity index (χ1) is 6.79. The van der Waals surface area contributed by atoms with Gasteiger partial charge in [0.25, 0.3) is 0 Å². The van der Waals surface area contributed by atoms with Crippen molar-refractivity contribution in [1.82, 2.24) is 0 Å². The van der Waals surface area contributed by atoms with E-state index in [1.54, 1.807) is 0 Å². The lowest BCUT2D eigenvalue weighted by Crippen LogP contribution is -2.33. The Hall–Kier alpha value is -0.495. The van der Waals surface area contributed by atoms with E-state index in [-0.39, 0.29) is 14.9 Å². The Kier molecular flexibility index (Phi) is 3.50. The summed E-state index contributed by atoms with van der Waals surface area (Å²) in [6.45, 7) is -3.77. The highest BCUT2D eigenvalue weighted by molar-refractivity contribution is 9.10. The van der Waals surface area contributed by atoms with E-state index < -0.39 is 17.7 Å². The molecule has 0 unspecified atom stereocenters. The molecule has 0 saturated carbocycles. The highest BCUT2D eigenvalue weighted by Crippen LogP contribution is 2.30. The van der Waals surface area contributed by atoms with Gasteiger partial charge >= 0.3 is 12.9 Å². The minimum absolute atomic E-state index is 0.0351. The number of hydrogen-bond donors (Lipinski definition) is 0. The molecule has 0 atom stereocenters. The van der Waals surface area contributed by atoms with Crippen LogP contribution >= 0.6 is 27.3 Å². The maximum Gasteiger partial charge on any atom is 0.519 e. The van der Waals surface area contributed by atoms with Gasteiger partial charge in [-0.25, -0.2) is 4.79 Å². The van der Waals surface area contributed by atoms with Gasteiger partial charge in [-0.2, -0.15) is 11.3 Å². The molecule has 1 aromatic rings. The number of hydrogen-bond acceptors (Lipinski definition) is 3. The van der Waals surface area contributed by atoms with Crippen LogP contribution in [0.15, 0.2) is 4.47 Å². The van der Waals surface area contributed by atoms with E-state index in [1.165, 1.54) is 6.92 Å². The van der Waals surface area contributed by atoms with Gasteiger partial charge < -0.3 is 17.7 Å². The maximum atomic E-state index is 12.5. The zero-order chi connectivity index (χ0) is 11.8. The van der Waals surface area contributed by atoms with Gasteiger partial charge in [-0.3, -0.25) is 0 Å². The summed E-state index contributed by atoms with van der Waals surface area (Å²) < 4.78 is 41.3. The molecule has 1 heterocycles. The van der Waals surface area contributed by atoms with Gasteiger partial charge in [-0.15, -0.1) is 0 Å². The van der Waals surface area contributed by atoms with Crippen LogP contribution in [0.2, 0.25) is 0 Å². The van der Waals surface area contributed by atoms with Crippen molar-refractivity contribution in [1.29, 1.82) is 0 Å². The van der Waals surface area contributed by atoms with Gasteiger partial charge in [-0.05, 0) is 27.6 Å². The van der Waals surface area contributed by atoms with Gasteiger partial charge in [0.05, 0.1) is 7.11 Å². The average Bonchev–Trinajstić information content (AvgIpc) is 2.42. The number of halogens is 4. The van der Waals surface area contributed by atoms with Crippen molar-refractivity contribution in [2.24, 2.45) is 0 Å². The van der Waals surface area contributed by atoms with Crippen molar-refractivity contribution in [2.45, 2.75) is 6.92 Å². The third-order valence-corrected chi connectivity index (χ3v) is 4.40. The molecule has 1 rings (SSSR count). The van der Waals surface area contributed by atoms with Crippen LogP contribution in [-0.4, -0.2) is 20.1 Å². The fourth-order valence-electron chi connectivity index (χ4n) is 1.05. The fourth-order valence-corrected chi connectivity index (χ4v) is 2.81. The largest absolute Gasteiger partial charge is 0.519 e. The molecule has 0 aliphatic rings. The van der Waals surface area contributed by atoms with Gasteiger partial charge in [0.1, 0.15) is 4.88 Å². The number of carbonyl (C=O) groups excluding carboxylic acids is 1. The average molecular weight is 302 g/mol. The number of rotatable bonds is 2. The lowest BCUT2D eigenvalue weighted by atomic mass is 9.86. The van der Waals surface area contributed by atoms with Crippen LogP contribution in [0.1, 0.15) is 15.2 Å². The van der Waals surface area contributed by atoms with Crippen LogP contribution in [0.25, 0.3) is 0 Å². The number of methoxy groups -OCH3 is 1. The number of ether oxygens (including phenoxy) is 1. The summed E-state index contributed by atoms with van der Waals surface area (Å²) >= 11 is 3.36. The summed E-state index contributed by atoms with van der Waals surface area (Å²) in [6, 6.07) is 0. The first kappa shape index (κ1) is 12.6. The van der Waals surface area contributed by atoms with E-state index in [0.29, 0.717) is 11.3 Å². The van der Waals surface area contributed by atoms with Crippen molar-refractivity contribution < 1.29 is 22.5 Å². The zero-order valence-electron chi connectivity index (χ0n) is 7.81. The molecule has 0 bridgehead atoms. The van der Waals surface area contributed by atoms with Crippen LogP contribution in [-0.2, 0) is 4.74 Å². The molecular formula is C7H6BBrF3O2S-. The number of esters is 1. The molecule has 0 radical (unpaired) electrons. The molecule has 0 aromatic carbocycles. The molecule has 2 nitrogen and oxygen atoms in total. The van der Waals surface area contributed by atoms with Crippen LogP contribution < -0.4 is 4.78 Å². The second kappa shape index (κ2) is 4.17. The van der Waals surface area contributed by atoms with E-state index in [2.05, 4.69) is 20.7 Å². The van der Waals surface area contributed by atoms with Crippen LogP contribution in [0.3, 0.4) is 0 Å². The molecule has 0 fully saturated rings. The molecule has 1 aromatic heterocycles. The third kappa shape index (κ3) is 2.36. The van der Waals surface area contributed by atoms with Crippen molar-refractivity contribution in [3.8, 4) is 0 Å². The second-order valence-corrected chi connectivity index (χ2v) is 4.65. The second-order valence-electron chi connectivity index (χ2n) is 2.80. The van der Waals surface area contributed by atoms with Crippen molar-refractivity contribution in [3.05, 3.63) is 14.9 Å². The highest BCUT2D eigenvalue weighted by atomic mass is 79.9. The van der Waals surface area contributed by atoms with Crippen LogP contribution in [0.4, 0.5) is 12.9 Å². The molecule has 8 heteroatoms. The number of carbonyl (C=O) groups is 1. The van der Waals surface area contributed by atoms with Gasteiger partial charge in [0.15, 0.2) is 0 Å². The van der Waals surface area contributed by atoms with E-state index in [9.17, 15) is 17.7 Å². The fraction of sp³-hybridized carbons (Fsp3) is 0.286. The predicted octanol–water partition coefficient (Wildman–Crippen LogP) is 2.66. The Balaban J connectivity index is 3.31. The molecule has 0 spiro atoms. The first-order valence-electron chi connectivity index (χ1n) is 3.86. The molecule has 0 amide bonds. The Labute approximate surface area is 96.6 Å². The smallest absolute Gasteiger partial charge is 0.465 e. The minimum Gasteiger partial charge on any atom is -0.465 e. The van der Waals surface area contributed by atoms with Crippen molar-refractivity contribution >= 4 is 45.0 Å². The van der Waals surface area contributed by atoms with E-state index >= 15 is 0 Å². The lowest BCUT2D eigenvalue weighted by molar-refractivity contribution is 0.0605. The molecular weight excluding hydrogens is 296 g/mol. The highest BCUT2D eigenvalue weighted by Gasteiger charge is 2.33. The molecule has 0 N–H and O–H groups in total. The third-order valence-electron chi connectivity index (χ3n) is 1.78. The SMILES string of the molecule is COC(=O)c1sc([B-](F)(F)F)c(C)c1Br. The normalized spacial score (nSPS) is 11.6. The Morgan fingerprint density at radius 3 is 2.33 bits per heavy atom. The summed E-state index contributed by atoms with van der Waals surface area (Å²) in [6.07, 6.45) is 0. The zero-order valence-corrected chi connectivity index (χ0v) is 10.2. The van der Waals surface area contributed by atoms with E-state index in [4.69, 9.17) is 0 Å². The van der Waals surface area contributed by atoms with Crippen molar-refractivity contribution in [3.63, 3.8) is 0 Å². The van der Waals surface area contributed by atoms with E-state index in [0.717, 1.165) is 7.11 Å². The topological polar surface area (TPSA) is 26.3 Å². The summed E-state index contributed by atoms with van der Waals surface area (Å²) in [5.41, 5.74) is 0.0351. The van der Waals surface area contributed by atoms with E-state index in [1.807, 2.05) is 0 Å². The van der Waals surface area contributed by atoms with Gasteiger partial charge in [0, 0.05) is 4.47 Å².